The summed E-state index contributed by atoms with van der Waals surface area (Å²) in [6.07, 6.45) is -4.85. The van der Waals surface area contributed by atoms with Crippen LogP contribution in [0.5, 0.6) is 0 Å². The van der Waals surface area contributed by atoms with E-state index in [2.05, 4.69) is 15.6 Å². The van der Waals surface area contributed by atoms with Crippen molar-refractivity contribution in [1.29, 1.82) is 0 Å². The molecule has 10 nitrogen and oxygen atoms in total. The lowest BCUT2D eigenvalue weighted by Gasteiger charge is -2.37. The number of methoxy groups -OCH3 is 1. The number of hydrogen-bond donors (Lipinski definition) is 5. The summed E-state index contributed by atoms with van der Waals surface area (Å²) in [5, 5.41) is 34.7. The number of nitrogens with one attached hydrogen (secondary N) is 2. The molecule has 1 saturated heterocycles. The molecule has 0 saturated carbocycles. The zero-order valence-corrected chi connectivity index (χ0v) is 13.2. The van der Waals surface area contributed by atoms with Gasteiger partial charge in [0.1, 0.15) is 18.3 Å². The molecule has 4 atom stereocenters. The predicted molar refractivity (Wildman–Crippen MR) is 78.8 cm³/mol. The van der Waals surface area contributed by atoms with Gasteiger partial charge in [0.15, 0.2) is 12.0 Å². The first-order valence-corrected chi connectivity index (χ1v) is 7.10. The number of carbonyl (C=O) groups is 1. The Hall–Kier alpha value is -1.88. The van der Waals surface area contributed by atoms with Gasteiger partial charge in [-0.2, -0.15) is 4.99 Å². The normalized spacial score (nSPS) is 31.6. The molecule has 2 aliphatic heterocycles. The number of likely N-dealkylation sites (N-methyl/N-ethyl adjacent to an activating group) is 1. The van der Waals surface area contributed by atoms with Gasteiger partial charge in [0.2, 0.25) is 5.91 Å². The van der Waals surface area contributed by atoms with Gasteiger partial charge in [-0.3, -0.25) is 4.79 Å². The molecule has 23 heavy (non-hydrogen) atoms. The van der Waals surface area contributed by atoms with E-state index in [1.165, 1.54) is 14.0 Å². The summed E-state index contributed by atoms with van der Waals surface area (Å²) in [4.78, 5) is 17.3. The topological polar surface area (TPSA) is 136 Å². The average Bonchev–Trinajstić information content (AvgIpc) is 2.49. The molecule has 130 valence electrons. The van der Waals surface area contributed by atoms with Crippen molar-refractivity contribution < 1.29 is 29.6 Å². The van der Waals surface area contributed by atoms with E-state index in [4.69, 9.17) is 9.47 Å². The first-order valence-electron chi connectivity index (χ1n) is 7.10. The summed E-state index contributed by atoms with van der Waals surface area (Å²) < 4.78 is 10.4. The highest BCUT2D eigenvalue weighted by Gasteiger charge is 2.38. The minimum absolute atomic E-state index is 0.139. The molecule has 0 unspecified atom stereocenters. The maximum atomic E-state index is 11.3. The predicted octanol–water partition coefficient (Wildman–Crippen LogP) is -2.73. The molecule has 0 aromatic carbocycles. The molecule has 2 rings (SSSR count). The van der Waals surface area contributed by atoms with Crippen molar-refractivity contribution in [3.63, 3.8) is 0 Å². The second kappa shape index (κ2) is 7.13. The van der Waals surface area contributed by atoms with Crippen LogP contribution in [0.2, 0.25) is 0 Å². The second-order valence-electron chi connectivity index (χ2n) is 5.41. The Morgan fingerprint density at radius 2 is 2.09 bits per heavy atom. The van der Waals surface area contributed by atoms with Crippen molar-refractivity contribution in [2.75, 3.05) is 27.3 Å². The number of aliphatic hydroxyl groups excluding tert-OH is 3. The molecule has 2 aliphatic rings. The lowest BCUT2D eigenvalue weighted by atomic mass is 10.0. The number of ether oxygens (including phenoxy) is 2. The van der Waals surface area contributed by atoms with Gasteiger partial charge in [0, 0.05) is 14.0 Å². The van der Waals surface area contributed by atoms with Gasteiger partial charge < -0.3 is 40.3 Å². The maximum absolute atomic E-state index is 11.3. The van der Waals surface area contributed by atoms with Crippen LogP contribution in [0.15, 0.2) is 16.5 Å². The summed E-state index contributed by atoms with van der Waals surface area (Å²) >= 11 is 0. The average molecular weight is 330 g/mol. The number of hydrogen-bond acceptors (Lipinski definition) is 9. The monoisotopic (exact) mass is 330 g/mol. The molecule has 0 aromatic rings. The zero-order valence-electron chi connectivity index (χ0n) is 13.2. The summed E-state index contributed by atoms with van der Waals surface area (Å²) in [7, 11) is 3.20. The van der Waals surface area contributed by atoms with Crippen molar-refractivity contribution in [2.45, 2.75) is 31.5 Å². The van der Waals surface area contributed by atoms with E-state index >= 15 is 0 Å². The zero-order chi connectivity index (χ0) is 17.1. The fraction of sp³-hybridized carbons (Fsp3) is 0.692. The van der Waals surface area contributed by atoms with Gasteiger partial charge in [-0.1, -0.05) is 0 Å². The highest BCUT2D eigenvalue weighted by molar-refractivity contribution is 5.79. The number of amides is 1. The molecule has 0 bridgehead atoms. The van der Waals surface area contributed by atoms with Crippen LogP contribution >= 0.6 is 0 Å². The molecular weight excluding hydrogens is 308 g/mol. The van der Waals surface area contributed by atoms with Crippen LogP contribution in [-0.4, -0.2) is 84.0 Å². The minimum Gasteiger partial charge on any atom is -0.468 e. The molecule has 0 spiro atoms. The molecule has 1 amide bonds. The van der Waals surface area contributed by atoms with E-state index < -0.39 is 24.5 Å². The highest BCUT2D eigenvalue weighted by atomic mass is 16.5. The second-order valence-corrected chi connectivity index (χ2v) is 5.41. The largest absolute Gasteiger partial charge is 0.468 e. The lowest BCUT2D eigenvalue weighted by Crippen LogP contribution is -2.58. The Balaban J connectivity index is 2.22. The van der Waals surface area contributed by atoms with Crippen molar-refractivity contribution in [3.05, 3.63) is 11.5 Å². The molecule has 0 radical (unpaired) electrons. The summed E-state index contributed by atoms with van der Waals surface area (Å²) in [6.45, 7) is 1.55. The number of aliphatic imine (C=N–C) groups is 1. The van der Waals surface area contributed by atoms with Crippen molar-refractivity contribution in [3.8, 4) is 0 Å². The van der Waals surface area contributed by atoms with Crippen molar-refractivity contribution in [2.24, 2.45) is 4.99 Å². The molecule has 2 heterocycles. The highest BCUT2D eigenvalue weighted by Crippen LogP contribution is 2.18. The van der Waals surface area contributed by atoms with Gasteiger partial charge >= 0.3 is 0 Å². The standard InChI is InChI=1S/C13H22N4O6/c1-6(18)14-7-4-17(2)13(22-3)16-11(7)15-12-10(21)9(20)8(19)5-23-12/h8-10,12,15,19-21H,4-5H2,1-3H3,(H,14,18)/t8-,9-,10+,12+/m1/s1. The lowest BCUT2D eigenvalue weighted by molar-refractivity contribution is -0.193. The van der Waals surface area contributed by atoms with Crippen LogP contribution in [0.25, 0.3) is 0 Å². The van der Waals surface area contributed by atoms with Gasteiger partial charge in [-0.05, 0) is 0 Å². The van der Waals surface area contributed by atoms with Crippen LogP contribution in [-0.2, 0) is 14.3 Å². The van der Waals surface area contributed by atoms with E-state index in [1.54, 1.807) is 11.9 Å². The van der Waals surface area contributed by atoms with Crippen LogP contribution in [0.3, 0.4) is 0 Å². The van der Waals surface area contributed by atoms with Crippen molar-refractivity contribution >= 4 is 11.9 Å². The van der Waals surface area contributed by atoms with Crippen LogP contribution in [0.4, 0.5) is 0 Å². The molecular formula is C13H22N4O6. The molecule has 0 aliphatic carbocycles. The summed E-state index contributed by atoms with van der Waals surface area (Å²) in [5.74, 6) is -0.0212. The number of rotatable bonds is 3. The number of aliphatic hydroxyl groups is 3. The molecule has 5 N–H and O–H groups in total. The Kier molecular flexibility index (Phi) is 5.42. The number of nitrogens with zero attached hydrogens (tertiary/aromatic N) is 2. The third kappa shape index (κ3) is 3.91. The Morgan fingerprint density at radius 1 is 1.39 bits per heavy atom. The fourth-order valence-corrected chi connectivity index (χ4v) is 2.33. The van der Waals surface area contributed by atoms with Crippen LogP contribution in [0, 0.1) is 0 Å². The molecule has 1 fully saturated rings. The molecule has 0 aromatic heterocycles. The first-order chi connectivity index (χ1) is 10.8. The minimum atomic E-state index is -1.36. The Bertz CT molecular complexity index is 523. The van der Waals surface area contributed by atoms with E-state index in [9.17, 15) is 20.1 Å². The van der Waals surface area contributed by atoms with E-state index in [1.807, 2.05) is 0 Å². The van der Waals surface area contributed by atoms with Gasteiger partial charge in [-0.25, -0.2) is 0 Å². The van der Waals surface area contributed by atoms with E-state index in [-0.39, 0.29) is 18.3 Å². The number of carbonyl (C=O) groups excluding carboxylic acids is 1. The number of amidine groups is 1. The third-order valence-electron chi connectivity index (χ3n) is 3.50. The van der Waals surface area contributed by atoms with Gasteiger partial charge in [0.25, 0.3) is 6.02 Å². The molecule has 10 heteroatoms. The summed E-state index contributed by atoms with van der Waals surface area (Å²) in [5.41, 5.74) is 0.470. The van der Waals surface area contributed by atoms with E-state index in [0.29, 0.717) is 18.3 Å². The quantitative estimate of drug-likeness (QED) is 0.376. The fourth-order valence-electron chi connectivity index (χ4n) is 2.33. The van der Waals surface area contributed by atoms with Crippen LogP contribution < -0.4 is 10.6 Å². The maximum Gasteiger partial charge on any atom is 0.293 e. The SMILES string of the molecule is COC1=NC(N[C@H]2OC[C@@H](O)[C@@H](O)[C@@H]2O)=C(NC(C)=O)CN1C. The summed E-state index contributed by atoms with van der Waals surface area (Å²) in [6, 6.07) is 0.312. The Morgan fingerprint density at radius 3 is 2.70 bits per heavy atom. The van der Waals surface area contributed by atoms with Gasteiger partial charge in [0.05, 0.1) is 26.0 Å². The van der Waals surface area contributed by atoms with Crippen molar-refractivity contribution in [1.82, 2.24) is 15.5 Å². The van der Waals surface area contributed by atoms with Crippen LogP contribution in [0.1, 0.15) is 6.92 Å². The van der Waals surface area contributed by atoms with E-state index in [0.717, 1.165) is 0 Å². The third-order valence-corrected chi connectivity index (χ3v) is 3.50. The smallest absolute Gasteiger partial charge is 0.293 e. The van der Waals surface area contributed by atoms with Gasteiger partial charge in [-0.15, -0.1) is 0 Å². The first kappa shape index (κ1) is 17.5. The Labute approximate surface area is 133 Å².